The summed E-state index contributed by atoms with van der Waals surface area (Å²) in [6.45, 7) is 2.15. The molecule has 0 aliphatic heterocycles. The zero-order valence-electron chi connectivity index (χ0n) is 10.4. The Hall–Kier alpha value is -1.39. The molecule has 0 amide bonds. The second-order valence-corrected chi connectivity index (χ2v) is 6.22. The van der Waals surface area contributed by atoms with Gasteiger partial charge in [0.1, 0.15) is 0 Å². The molecule has 1 unspecified atom stereocenters. The number of rotatable bonds is 3. The summed E-state index contributed by atoms with van der Waals surface area (Å²) in [5.41, 5.74) is 3.37. The summed E-state index contributed by atoms with van der Waals surface area (Å²) in [6.07, 6.45) is 1.95. The molecule has 0 radical (unpaired) electrons. The van der Waals surface area contributed by atoms with E-state index in [2.05, 4.69) is 56.7 Å². The van der Waals surface area contributed by atoms with E-state index in [0.29, 0.717) is 0 Å². The van der Waals surface area contributed by atoms with E-state index in [1.165, 1.54) is 10.3 Å². The predicted octanol–water partition coefficient (Wildman–Crippen LogP) is 5.23. The molecule has 1 N–H and O–H groups in total. The lowest BCUT2D eigenvalue weighted by atomic mass is 10.1. The van der Waals surface area contributed by atoms with Crippen molar-refractivity contribution in [1.29, 1.82) is 0 Å². The first kappa shape index (κ1) is 12.6. The average Bonchev–Trinajstić information content (AvgIpc) is 2.88. The van der Waals surface area contributed by atoms with Crippen LogP contribution in [0.2, 0.25) is 0 Å². The molecule has 0 saturated carbocycles. The number of thiophene rings is 1. The number of hydrogen-bond acceptors (Lipinski definition) is 3. The molecule has 96 valence electrons. The first-order valence-electron chi connectivity index (χ1n) is 6.08. The van der Waals surface area contributed by atoms with Crippen LogP contribution in [0, 0.1) is 0 Å². The Balaban J connectivity index is 1.87. The molecule has 0 bridgehead atoms. The van der Waals surface area contributed by atoms with Crippen molar-refractivity contribution in [3.8, 4) is 0 Å². The summed E-state index contributed by atoms with van der Waals surface area (Å²) in [5.74, 6) is 0. The van der Waals surface area contributed by atoms with Crippen molar-refractivity contribution < 1.29 is 0 Å². The van der Waals surface area contributed by atoms with E-state index in [4.69, 9.17) is 0 Å². The highest BCUT2D eigenvalue weighted by Crippen LogP contribution is 2.28. The number of hydrogen-bond donors (Lipinski definition) is 1. The fraction of sp³-hybridized carbons (Fsp3) is 0.133. The Kier molecular flexibility index (Phi) is 3.53. The van der Waals surface area contributed by atoms with Crippen LogP contribution >= 0.6 is 27.3 Å². The summed E-state index contributed by atoms with van der Waals surface area (Å²) in [6, 6.07) is 12.6. The van der Waals surface area contributed by atoms with Crippen LogP contribution in [0.1, 0.15) is 18.5 Å². The van der Waals surface area contributed by atoms with Gasteiger partial charge in [0.05, 0.1) is 16.3 Å². The van der Waals surface area contributed by atoms with Crippen LogP contribution in [0.3, 0.4) is 0 Å². The van der Waals surface area contributed by atoms with Crippen molar-refractivity contribution >= 4 is 43.2 Å². The Morgan fingerprint density at radius 1 is 1.26 bits per heavy atom. The van der Waals surface area contributed by atoms with Crippen molar-refractivity contribution in [2.45, 2.75) is 13.0 Å². The molecule has 4 heteroatoms. The van der Waals surface area contributed by atoms with Crippen LogP contribution in [0.4, 0.5) is 5.69 Å². The van der Waals surface area contributed by atoms with Crippen LogP contribution < -0.4 is 5.32 Å². The van der Waals surface area contributed by atoms with Crippen molar-refractivity contribution in [3.63, 3.8) is 0 Å². The summed E-state index contributed by atoms with van der Waals surface area (Å²) in [5, 5.41) is 5.58. The molecule has 2 nitrogen and oxygen atoms in total. The molecule has 0 saturated heterocycles. The molecule has 3 rings (SSSR count). The lowest BCUT2D eigenvalue weighted by Crippen LogP contribution is -2.07. The monoisotopic (exact) mass is 332 g/mol. The Morgan fingerprint density at radius 3 is 2.95 bits per heavy atom. The molecule has 0 aliphatic rings. The SMILES string of the molecule is CC(Nc1ccccc1Br)c1cnc2ccsc2c1. The normalized spacial score (nSPS) is 12.5. The molecule has 2 aromatic heterocycles. The zero-order valence-corrected chi connectivity index (χ0v) is 12.8. The van der Waals surface area contributed by atoms with Crippen molar-refractivity contribution in [3.05, 3.63) is 58.0 Å². The third kappa shape index (κ3) is 2.65. The fourth-order valence-corrected chi connectivity index (χ4v) is 3.18. The molecule has 0 fully saturated rings. The Morgan fingerprint density at radius 2 is 2.11 bits per heavy atom. The highest BCUT2D eigenvalue weighted by molar-refractivity contribution is 9.10. The van der Waals surface area contributed by atoms with Crippen LogP contribution in [0.5, 0.6) is 0 Å². The standard InChI is InChI=1S/C15H13BrN2S/c1-10(18-13-5-3-2-4-12(13)16)11-8-15-14(17-9-11)6-7-19-15/h2-10,18H,1H3. The molecular formula is C15H13BrN2S. The number of fused-ring (bicyclic) bond motifs is 1. The minimum absolute atomic E-state index is 0.220. The van der Waals surface area contributed by atoms with Gasteiger partial charge in [0.15, 0.2) is 0 Å². The lowest BCUT2D eigenvalue weighted by molar-refractivity contribution is 0.879. The van der Waals surface area contributed by atoms with Gasteiger partial charge in [-0.2, -0.15) is 0 Å². The molecule has 0 spiro atoms. The highest BCUT2D eigenvalue weighted by atomic mass is 79.9. The first-order chi connectivity index (χ1) is 9.24. The number of aromatic nitrogens is 1. The van der Waals surface area contributed by atoms with E-state index in [-0.39, 0.29) is 6.04 Å². The van der Waals surface area contributed by atoms with Crippen LogP contribution in [-0.4, -0.2) is 4.98 Å². The van der Waals surface area contributed by atoms with Gasteiger partial charge in [-0.3, -0.25) is 4.98 Å². The second-order valence-electron chi connectivity index (χ2n) is 4.42. The first-order valence-corrected chi connectivity index (χ1v) is 7.75. The van der Waals surface area contributed by atoms with E-state index in [0.717, 1.165) is 15.7 Å². The minimum atomic E-state index is 0.220. The number of nitrogens with zero attached hydrogens (tertiary/aromatic N) is 1. The van der Waals surface area contributed by atoms with Crippen LogP contribution in [0.15, 0.2) is 52.4 Å². The van der Waals surface area contributed by atoms with E-state index in [9.17, 15) is 0 Å². The van der Waals surface area contributed by atoms with Crippen molar-refractivity contribution in [2.24, 2.45) is 0 Å². The van der Waals surface area contributed by atoms with Crippen LogP contribution in [-0.2, 0) is 0 Å². The average molecular weight is 333 g/mol. The summed E-state index contributed by atoms with van der Waals surface area (Å²) >= 11 is 5.28. The number of para-hydroxylation sites is 1. The van der Waals surface area contributed by atoms with Gasteiger partial charge in [0.2, 0.25) is 0 Å². The topological polar surface area (TPSA) is 24.9 Å². The van der Waals surface area contributed by atoms with Gasteiger partial charge in [-0.1, -0.05) is 12.1 Å². The Bertz CT molecular complexity index is 708. The molecule has 0 aliphatic carbocycles. The number of anilines is 1. The maximum Gasteiger partial charge on any atom is 0.0809 e. The third-order valence-corrected chi connectivity index (χ3v) is 4.61. The van der Waals surface area contributed by atoms with Gasteiger partial charge in [-0.25, -0.2) is 0 Å². The predicted molar refractivity (Wildman–Crippen MR) is 85.8 cm³/mol. The molecule has 1 atom stereocenters. The molecule has 19 heavy (non-hydrogen) atoms. The zero-order chi connectivity index (χ0) is 13.2. The van der Waals surface area contributed by atoms with E-state index in [1.54, 1.807) is 11.3 Å². The van der Waals surface area contributed by atoms with E-state index >= 15 is 0 Å². The number of halogens is 1. The smallest absolute Gasteiger partial charge is 0.0809 e. The van der Waals surface area contributed by atoms with Crippen LogP contribution in [0.25, 0.3) is 10.2 Å². The summed E-state index contributed by atoms with van der Waals surface area (Å²) in [7, 11) is 0. The van der Waals surface area contributed by atoms with E-state index in [1.807, 2.05) is 24.4 Å². The third-order valence-electron chi connectivity index (χ3n) is 3.07. The summed E-state index contributed by atoms with van der Waals surface area (Å²) < 4.78 is 2.31. The van der Waals surface area contributed by atoms with Gasteiger partial charge in [-0.05, 0) is 58.1 Å². The Labute approximate surface area is 124 Å². The molecule has 3 aromatic rings. The molecule has 2 heterocycles. The second kappa shape index (κ2) is 5.31. The van der Waals surface area contributed by atoms with Crippen molar-refractivity contribution in [2.75, 3.05) is 5.32 Å². The summed E-state index contributed by atoms with van der Waals surface area (Å²) in [4.78, 5) is 4.48. The van der Waals surface area contributed by atoms with Gasteiger partial charge < -0.3 is 5.32 Å². The molecular weight excluding hydrogens is 320 g/mol. The minimum Gasteiger partial charge on any atom is -0.378 e. The van der Waals surface area contributed by atoms with Gasteiger partial charge in [-0.15, -0.1) is 11.3 Å². The van der Waals surface area contributed by atoms with Gasteiger partial charge in [0.25, 0.3) is 0 Å². The van der Waals surface area contributed by atoms with Crippen molar-refractivity contribution in [1.82, 2.24) is 4.98 Å². The largest absolute Gasteiger partial charge is 0.378 e. The maximum absolute atomic E-state index is 4.48. The number of pyridine rings is 1. The lowest BCUT2D eigenvalue weighted by Gasteiger charge is -2.16. The fourth-order valence-electron chi connectivity index (χ4n) is 1.99. The van der Waals surface area contributed by atoms with E-state index < -0.39 is 0 Å². The van der Waals surface area contributed by atoms with Gasteiger partial charge in [0, 0.05) is 16.4 Å². The number of nitrogens with one attached hydrogen (secondary N) is 1. The quantitative estimate of drug-likeness (QED) is 0.710. The number of benzene rings is 1. The van der Waals surface area contributed by atoms with Gasteiger partial charge >= 0.3 is 0 Å². The highest BCUT2D eigenvalue weighted by Gasteiger charge is 2.09. The maximum atomic E-state index is 4.48. The molecule has 1 aromatic carbocycles.